The van der Waals surface area contributed by atoms with Crippen LogP contribution in [0.4, 0.5) is 11.4 Å². The van der Waals surface area contributed by atoms with Gasteiger partial charge in [-0.2, -0.15) is 0 Å². The molecule has 0 saturated carbocycles. The first kappa shape index (κ1) is 12.0. The lowest BCUT2D eigenvalue weighted by Gasteiger charge is -2.08. The highest BCUT2D eigenvalue weighted by Crippen LogP contribution is 2.36. The highest BCUT2D eigenvalue weighted by Gasteiger charge is 2.21. The lowest BCUT2D eigenvalue weighted by atomic mass is 10.2. The van der Waals surface area contributed by atoms with Crippen LogP contribution in [0.1, 0.15) is 6.92 Å². The zero-order valence-electron chi connectivity index (χ0n) is 8.41. The van der Waals surface area contributed by atoms with Crippen molar-refractivity contribution in [2.45, 2.75) is 6.92 Å². The third-order valence-electron chi connectivity index (χ3n) is 1.79. The molecule has 0 aromatic heterocycles. The molecule has 0 spiro atoms. The maximum Gasteiger partial charge on any atom is 0.333 e. The summed E-state index contributed by atoms with van der Waals surface area (Å²) in [5.74, 6) is 0.304. The maximum atomic E-state index is 10.9. The first-order valence-electron chi connectivity index (χ1n) is 4.38. The quantitative estimate of drug-likeness (QED) is 0.526. The predicted molar refractivity (Wildman–Crippen MR) is 66.5 cm³/mol. The number of hydrogen-bond acceptors (Lipinski definition) is 4. The van der Waals surface area contributed by atoms with Gasteiger partial charge in [0.2, 0.25) is 0 Å². The topological polar surface area (TPSA) is 64.4 Å². The number of benzene rings is 1. The number of anilines is 1. The van der Waals surface area contributed by atoms with Crippen LogP contribution in [0.5, 0.6) is 5.75 Å². The van der Waals surface area contributed by atoms with Crippen LogP contribution in [-0.4, -0.2) is 18.6 Å². The fraction of sp³-hybridized carbons (Fsp3) is 0.333. The van der Waals surface area contributed by atoms with Crippen molar-refractivity contribution < 1.29 is 9.66 Å². The molecule has 0 heterocycles. The Bertz CT molecular complexity index is 382. The number of ether oxygens (including phenoxy) is 1. The van der Waals surface area contributed by atoms with Gasteiger partial charge in [0.15, 0.2) is 5.75 Å². The van der Waals surface area contributed by atoms with E-state index in [1.54, 1.807) is 26.1 Å². The third kappa shape index (κ3) is 2.71. The molecular formula is C9H11IN2O3. The Morgan fingerprint density at radius 1 is 1.60 bits per heavy atom. The summed E-state index contributed by atoms with van der Waals surface area (Å²) in [6.07, 6.45) is 0. The Balaban J connectivity index is 3.33. The van der Waals surface area contributed by atoms with Crippen LogP contribution in [0.3, 0.4) is 0 Å². The summed E-state index contributed by atoms with van der Waals surface area (Å²) in [6.45, 7) is 2.20. The molecule has 0 saturated heterocycles. The van der Waals surface area contributed by atoms with Crippen molar-refractivity contribution in [2.24, 2.45) is 0 Å². The number of hydrogen-bond donors (Lipinski definition) is 1. The zero-order valence-corrected chi connectivity index (χ0v) is 10.6. The molecule has 1 rings (SSSR count). The van der Waals surface area contributed by atoms with Crippen LogP contribution in [0.2, 0.25) is 0 Å². The van der Waals surface area contributed by atoms with Crippen LogP contribution in [0.15, 0.2) is 12.1 Å². The van der Waals surface area contributed by atoms with Crippen LogP contribution in [0.25, 0.3) is 0 Å². The summed E-state index contributed by atoms with van der Waals surface area (Å²) in [7, 11) is 1.65. The van der Waals surface area contributed by atoms with Crippen molar-refractivity contribution in [1.82, 2.24) is 0 Å². The molecule has 15 heavy (non-hydrogen) atoms. The highest BCUT2D eigenvalue weighted by atomic mass is 127. The molecule has 0 aliphatic carbocycles. The van der Waals surface area contributed by atoms with Crippen molar-refractivity contribution in [3.8, 4) is 5.75 Å². The summed E-state index contributed by atoms with van der Waals surface area (Å²) in [4.78, 5) is 10.4. The van der Waals surface area contributed by atoms with Gasteiger partial charge in [0.25, 0.3) is 0 Å². The summed E-state index contributed by atoms with van der Waals surface area (Å²) in [6, 6.07) is 3.37. The monoisotopic (exact) mass is 322 g/mol. The molecule has 82 valence electrons. The van der Waals surface area contributed by atoms with Crippen LogP contribution < -0.4 is 10.1 Å². The van der Waals surface area contributed by atoms with Gasteiger partial charge in [-0.3, -0.25) is 10.1 Å². The average molecular weight is 322 g/mol. The molecule has 0 radical (unpaired) electrons. The second-order valence-electron chi connectivity index (χ2n) is 2.74. The first-order valence-corrected chi connectivity index (χ1v) is 5.46. The predicted octanol–water partition coefficient (Wildman–Crippen LogP) is 2.64. The molecular weight excluding hydrogens is 311 g/mol. The average Bonchev–Trinajstić information content (AvgIpc) is 2.16. The summed E-state index contributed by atoms with van der Waals surface area (Å²) < 4.78 is 6.13. The number of nitro benzene ring substituents is 1. The molecule has 1 aromatic carbocycles. The van der Waals surface area contributed by atoms with E-state index < -0.39 is 4.92 Å². The van der Waals surface area contributed by atoms with Gasteiger partial charge in [-0.25, -0.2) is 0 Å². The Labute approximate surface area is 101 Å². The molecule has 1 N–H and O–H groups in total. The van der Waals surface area contributed by atoms with Gasteiger partial charge >= 0.3 is 5.69 Å². The third-order valence-corrected chi connectivity index (χ3v) is 2.41. The van der Waals surface area contributed by atoms with Gasteiger partial charge < -0.3 is 10.1 Å². The van der Waals surface area contributed by atoms with Crippen molar-refractivity contribution in [3.63, 3.8) is 0 Å². The van der Waals surface area contributed by atoms with Gasteiger partial charge in [0.05, 0.1) is 11.5 Å². The number of nitrogens with one attached hydrogen (secondary N) is 1. The van der Waals surface area contributed by atoms with E-state index in [2.05, 4.69) is 27.9 Å². The maximum absolute atomic E-state index is 10.9. The van der Waals surface area contributed by atoms with E-state index in [1.807, 2.05) is 0 Å². The zero-order chi connectivity index (χ0) is 11.4. The van der Waals surface area contributed by atoms with Crippen LogP contribution in [0, 0.1) is 13.7 Å². The molecule has 6 heteroatoms. The minimum atomic E-state index is -0.438. The van der Waals surface area contributed by atoms with Crippen molar-refractivity contribution in [2.75, 3.05) is 19.0 Å². The van der Waals surface area contributed by atoms with Crippen LogP contribution in [-0.2, 0) is 0 Å². The molecule has 0 unspecified atom stereocenters. The lowest BCUT2D eigenvalue weighted by molar-refractivity contribution is -0.384. The van der Waals surface area contributed by atoms with E-state index in [4.69, 9.17) is 4.74 Å². The fourth-order valence-electron chi connectivity index (χ4n) is 1.22. The standard InChI is InChI=1S/C9H11IN2O3/c1-3-15-8-5-6(10)4-7(11-2)9(8)12(13)14/h4-5,11H,3H2,1-2H3. The van der Waals surface area contributed by atoms with E-state index in [-0.39, 0.29) is 5.69 Å². The number of rotatable bonds is 4. The van der Waals surface area contributed by atoms with E-state index in [1.165, 1.54) is 0 Å². The van der Waals surface area contributed by atoms with Gasteiger partial charge in [0, 0.05) is 16.7 Å². The Morgan fingerprint density at radius 2 is 2.27 bits per heavy atom. The molecule has 0 bridgehead atoms. The summed E-state index contributed by atoms with van der Waals surface area (Å²) in [5, 5.41) is 13.7. The molecule has 0 amide bonds. The SMILES string of the molecule is CCOc1cc(I)cc(NC)c1[N+](=O)[O-]. The molecule has 0 atom stereocenters. The van der Waals surface area contributed by atoms with Gasteiger partial charge in [0.1, 0.15) is 5.69 Å². The fourth-order valence-corrected chi connectivity index (χ4v) is 1.81. The molecule has 5 nitrogen and oxygen atoms in total. The minimum Gasteiger partial charge on any atom is -0.487 e. The number of halogens is 1. The van der Waals surface area contributed by atoms with E-state index in [9.17, 15) is 10.1 Å². The summed E-state index contributed by atoms with van der Waals surface area (Å²) >= 11 is 2.09. The van der Waals surface area contributed by atoms with Gasteiger partial charge in [-0.05, 0) is 35.6 Å². The van der Waals surface area contributed by atoms with E-state index in [0.29, 0.717) is 18.0 Å². The smallest absolute Gasteiger partial charge is 0.333 e. The van der Waals surface area contributed by atoms with Crippen LogP contribution >= 0.6 is 22.6 Å². The molecule has 0 fully saturated rings. The highest BCUT2D eigenvalue weighted by molar-refractivity contribution is 14.1. The molecule has 0 aliphatic rings. The number of nitro groups is 1. The minimum absolute atomic E-state index is 0.0141. The lowest BCUT2D eigenvalue weighted by Crippen LogP contribution is -2.02. The van der Waals surface area contributed by atoms with Crippen molar-refractivity contribution >= 4 is 34.0 Å². The number of nitrogens with zero attached hydrogens (tertiary/aromatic N) is 1. The Hall–Kier alpha value is -1.05. The normalized spacial score (nSPS) is 9.80. The van der Waals surface area contributed by atoms with Crippen molar-refractivity contribution in [3.05, 3.63) is 25.8 Å². The first-order chi connectivity index (χ1) is 7.10. The Morgan fingerprint density at radius 3 is 2.73 bits per heavy atom. The van der Waals surface area contributed by atoms with Crippen molar-refractivity contribution in [1.29, 1.82) is 0 Å². The van der Waals surface area contributed by atoms with E-state index in [0.717, 1.165) is 3.57 Å². The molecule has 1 aromatic rings. The summed E-state index contributed by atoms with van der Waals surface area (Å²) in [5.41, 5.74) is 0.454. The van der Waals surface area contributed by atoms with E-state index >= 15 is 0 Å². The largest absolute Gasteiger partial charge is 0.487 e. The van der Waals surface area contributed by atoms with Gasteiger partial charge in [-0.1, -0.05) is 0 Å². The second kappa shape index (κ2) is 5.15. The Kier molecular flexibility index (Phi) is 4.13. The molecule has 0 aliphatic heterocycles. The second-order valence-corrected chi connectivity index (χ2v) is 3.99. The van der Waals surface area contributed by atoms with Gasteiger partial charge in [-0.15, -0.1) is 0 Å².